The molecule has 5 rings (SSSR count). The fourth-order valence-electron chi connectivity index (χ4n) is 5.17. The van der Waals surface area contributed by atoms with Gasteiger partial charge in [0.15, 0.2) is 5.82 Å². The Labute approximate surface area is 221 Å². The molecular formula is C29H31N5O4. The molecule has 3 atom stereocenters. The maximum absolute atomic E-state index is 13.5. The van der Waals surface area contributed by atoms with E-state index in [1.54, 1.807) is 21.7 Å². The number of amides is 2. The summed E-state index contributed by atoms with van der Waals surface area (Å²) in [6.45, 7) is 8.87. The zero-order valence-corrected chi connectivity index (χ0v) is 22.0. The molecule has 9 nitrogen and oxygen atoms in total. The molecule has 2 fully saturated rings. The minimum Gasteiger partial charge on any atom is -0.465 e. The number of likely N-dealkylation sites (tertiary alicyclic amines) is 1. The van der Waals surface area contributed by atoms with Crippen LogP contribution in [0.2, 0.25) is 0 Å². The number of piperidine rings is 1. The number of aromatic nitrogens is 2. The maximum atomic E-state index is 13.5. The molecule has 1 saturated heterocycles. The molecule has 2 amide bonds. The minimum absolute atomic E-state index is 0.181. The first-order chi connectivity index (χ1) is 18.0. The first-order valence-electron chi connectivity index (χ1n) is 12.7. The number of rotatable bonds is 5. The Morgan fingerprint density at radius 2 is 1.74 bits per heavy atom. The van der Waals surface area contributed by atoms with E-state index in [1.807, 2.05) is 70.2 Å². The van der Waals surface area contributed by atoms with Crippen molar-refractivity contribution in [3.63, 3.8) is 0 Å². The third-order valence-electron chi connectivity index (χ3n) is 7.21. The molecule has 3 aromatic rings. The molecule has 196 valence electrons. The summed E-state index contributed by atoms with van der Waals surface area (Å²) in [5.41, 5.74) is 3.48. The number of nitrogens with zero attached hydrogens (tertiary/aromatic N) is 5. The molecule has 2 unspecified atom stereocenters. The van der Waals surface area contributed by atoms with E-state index in [-0.39, 0.29) is 17.8 Å². The summed E-state index contributed by atoms with van der Waals surface area (Å²) in [6.07, 6.45) is -1.39. The van der Waals surface area contributed by atoms with Gasteiger partial charge in [0.1, 0.15) is 5.60 Å². The highest BCUT2D eigenvalue weighted by Gasteiger charge is 2.57. The summed E-state index contributed by atoms with van der Waals surface area (Å²) in [6, 6.07) is 19.2. The fraction of sp³-hybridized carbons (Fsp3) is 0.379. The van der Waals surface area contributed by atoms with Crippen LogP contribution < -0.4 is 4.90 Å². The van der Waals surface area contributed by atoms with Crippen molar-refractivity contribution in [3.05, 3.63) is 65.7 Å². The largest absolute Gasteiger partial charge is 0.465 e. The van der Waals surface area contributed by atoms with E-state index in [0.717, 1.165) is 22.5 Å². The van der Waals surface area contributed by atoms with Gasteiger partial charge in [0.2, 0.25) is 0 Å². The Bertz CT molecular complexity index is 1390. The second-order valence-corrected chi connectivity index (χ2v) is 11.1. The first-order valence-corrected chi connectivity index (χ1v) is 12.7. The van der Waals surface area contributed by atoms with Crippen molar-refractivity contribution in [2.45, 2.75) is 33.3 Å². The number of carbonyl (C=O) groups excluding carboxylic acids is 1. The Morgan fingerprint density at radius 1 is 1.11 bits per heavy atom. The van der Waals surface area contributed by atoms with Crippen molar-refractivity contribution < 1.29 is 19.4 Å². The lowest BCUT2D eigenvalue weighted by molar-refractivity contribution is 0.0574. The molecule has 1 aromatic heterocycles. The van der Waals surface area contributed by atoms with Gasteiger partial charge in [-0.15, -0.1) is 5.10 Å². The summed E-state index contributed by atoms with van der Waals surface area (Å²) in [4.78, 5) is 27.8. The van der Waals surface area contributed by atoms with E-state index < -0.39 is 17.8 Å². The van der Waals surface area contributed by atoms with Crippen LogP contribution in [0.3, 0.4) is 0 Å². The van der Waals surface area contributed by atoms with Crippen molar-refractivity contribution in [1.29, 1.82) is 5.26 Å². The van der Waals surface area contributed by atoms with Gasteiger partial charge in [0, 0.05) is 31.3 Å². The topological polar surface area (TPSA) is 112 Å². The van der Waals surface area contributed by atoms with Crippen LogP contribution in [-0.2, 0) is 4.74 Å². The van der Waals surface area contributed by atoms with Crippen LogP contribution >= 0.6 is 0 Å². The van der Waals surface area contributed by atoms with E-state index in [1.165, 1.54) is 4.90 Å². The number of carbonyl (C=O) groups is 2. The summed E-state index contributed by atoms with van der Waals surface area (Å²) in [5.74, 6) is 1.10. The number of benzene rings is 2. The first kappa shape index (κ1) is 25.3. The van der Waals surface area contributed by atoms with Gasteiger partial charge in [0.25, 0.3) is 0 Å². The summed E-state index contributed by atoms with van der Waals surface area (Å²) >= 11 is 0. The monoisotopic (exact) mass is 513 g/mol. The van der Waals surface area contributed by atoms with Gasteiger partial charge < -0.3 is 14.7 Å². The van der Waals surface area contributed by atoms with E-state index in [9.17, 15) is 20.0 Å². The molecule has 2 aromatic carbocycles. The predicted octanol–water partition coefficient (Wildman–Crippen LogP) is 5.32. The molecular weight excluding hydrogens is 482 g/mol. The zero-order chi connectivity index (χ0) is 27.2. The highest BCUT2D eigenvalue weighted by Crippen LogP contribution is 2.52. The highest BCUT2D eigenvalue weighted by molar-refractivity contribution is 5.88. The second-order valence-electron chi connectivity index (χ2n) is 11.1. The lowest BCUT2D eigenvalue weighted by Gasteiger charge is -2.27. The number of aryl methyl sites for hydroxylation is 1. The van der Waals surface area contributed by atoms with Gasteiger partial charge in [-0.2, -0.15) is 5.26 Å². The number of carboxylic acid groups (broad SMARTS) is 1. The van der Waals surface area contributed by atoms with E-state index >= 15 is 0 Å². The molecule has 1 aliphatic heterocycles. The van der Waals surface area contributed by atoms with Crippen LogP contribution in [0.1, 0.15) is 31.9 Å². The summed E-state index contributed by atoms with van der Waals surface area (Å²) in [5, 5.41) is 23.4. The SMILES string of the molecule is Cc1ccc(-c2cc(N(CC3C4CN(C(=O)O)C[C@H]43)C(=O)OC(C)(C)C)nn2-c2ccc(C#N)cc2)cc1. The van der Waals surface area contributed by atoms with Crippen LogP contribution in [0.5, 0.6) is 0 Å². The number of nitriles is 1. The van der Waals surface area contributed by atoms with Gasteiger partial charge in [-0.25, -0.2) is 14.3 Å². The number of anilines is 1. The third kappa shape index (κ3) is 5.07. The molecule has 0 radical (unpaired) electrons. The molecule has 1 N–H and O–H groups in total. The van der Waals surface area contributed by atoms with Crippen molar-refractivity contribution in [1.82, 2.24) is 14.7 Å². The summed E-state index contributed by atoms with van der Waals surface area (Å²) < 4.78 is 7.54. The van der Waals surface area contributed by atoms with Gasteiger partial charge in [-0.05, 0) is 69.7 Å². The number of hydrogen-bond donors (Lipinski definition) is 1. The zero-order valence-electron chi connectivity index (χ0n) is 22.0. The second kappa shape index (κ2) is 9.53. The third-order valence-corrected chi connectivity index (χ3v) is 7.21. The standard InChI is InChI=1S/C29H31N5O4/c1-18-5-9-20(10-6-18)25-13-26(31-34(25)21-11-7-19(14-30)8-12-21)33(28(37)38-29(2,3)4)17-24-22-15-32(27(35)36)16-23(22)24/h5-13,22-24H,15-17H2,1-4H3,(H,35,36)/t22-,23?,24?/m1/s1. The van der Waals surface area contributed by atoms with Crippen LogP contribution in [0.25, 0.3) is 16.9 Å². The number of fused-ring (bicyclic) bond motifs is 1. The quantitative estimate of drug-likeness (QED) is 0.494. The lowest BCUT2D eigenvalue weighted by Crippen LogP contribution is -2.40. The molecule has 2 aliphatic rings. The maximum Gasteiger partial charge on any atom is 0.416 e. The molecule has 1 saturated carbocycles. The van der Waals surface area contributed by atoms with Gasteiger partial charge >= 0.3 is 12.2 Å². The van der Waals surface area contributed by atoms with Crippen molar-refractivity contribution in [3.8, 4) is 23.0 Å². The average molecular weight is 514 g/mol. The Morgan fingerprint density at radius 3 is 2.29 bits per heavy atom. The number of hydrogen-bond acceptors (Lipinski definition) is 5. The Hall–Kier alpha value is -4.32. The van der Waals surface area contributed by atoms with Crippen molar-refractivity contribution in [2.24, 2.45) is 17.8 Å². The Balaban J connectivity index is 1.52. The van der Waals surface area contributed by atoms with E-state index in [0.29, 0.717) is 31.0 Å². The minimum atomic E-state index is -0.899. The predicted molar refractivity (Wildman–Crippen MR) is 142 cm³/mol. The Kier molecular flexibility index (Phi) is 6.35. The van der Waals surface area contributed by atoms with E-state index in [2.05, 4.69) is 6.07 Å². The van der Waals surface area contributed by atoms with Gasteiger partial charge in [-0.1, -0.05) is 29.8 Å². The van der Waals surface area contributed by atoms with Crippen LogP contribution in [0.4, 0.5) is 15.4 Å². The van der Waals surface area contributed by atoms with Crippen molar-refractivity contribution >= 4 is 18.0 Å². The molecule has 9 heteroatoms. The molecule has 2 heterocycles. The lowest BCUT2D eigenvalue weighted by atomic mass is 10.1. The smallest absolute Gasteiger partial charge is 0.416 e. The van der Waals surface area contributed by atoms with Crippen LogP contribution in [0, 0.1) is 36.0 Å². The highest BCUT2D eigenvalue weighted by atomic mass is 16.6. The fourth-order valence-corrected chi connectivity index (χ4v) is 5.17. The normalized spacial score (nSPS) is 20.0. The molecule has 38 heavy (non-hydrogen) atoms. The average Bonchev–Trinajstić information content (AvgIpc) is 3.20. The van der Waals surface area contributed by atoms with Gasteiger partial charge in [0.05, 0.1) is 23.0 Å². The van der Waals surface area contributed by atoms with Gasteiger partial charge in [-0.3, -0.25) is 4.90 Å². The van der Waals surface area contributed by atoms with E-state index in [4.69, 9.17) is 9.84 Å². The molecule has 1 aliphatic carbocycles. The van der Waals surface area contributed by atoms with Crippen LogP contribution in [0.15, 0.2) is 54.6 Å². The van der Waals surface area contributed by atoms with Crippen LogP contribution in [-0.4, -0.2) is 57.2 Å². The summed E-state index contributed by atoms with van der Waals surface area (Å²) in [7, 11) is 0. The van der Waals surface area contributed by atoms with Crippen molar-refractivity contribution in [2.75, 3.05) is 24.5 Å². The molecule has 0 bridgehead atoms. The number of ether oxygens (including phenoxy) is 1. The molecule has 0 spiro atoms.